The van der Waals surface area contributed by atoms with Crippen LogP contribution in [0.1, 0.15) is 48.4 Å². The quantitative estimate of drug-likeness (QED) is 0.814. The lowest BCUT2D eigenvalue weighted by atomic mass is 9.89. The van der Waals surface area contributed by atoms with Gasteiger partial charge in [0, 0.05) is 17.1 Å². The van der Waals surface area contributed by atoms with E-state index in [2.05, 4.69) is 11.1 Å². The number of aryl methyl sites for hydroxylation is 2. The third-order valence-electron chi connectivity index (χ3n) is 4.37. The van der Waals surface area contributed by atoms with Crippen molar-refractivity contribution in [2.24, 2.45) is 0 Å². The molecule has 2 aromatic rings. The molecule has 0 unspecified atom stereocenters. The second kappa shape index (κ2) is 3.71. The van der Waals surface area contributed by atoms with E-state index in [0.717, 1.165) is 23.0 Å². The summed E-state index contributed by atoms with van der Waals surface area (Å²) >= 11 is 0. The van der Waals surface area contributed by atoms with Crippen LogP contribution in [0.15, 0.2) is 23.0 Å². The first-order valence-electron chi connectivity index (χ1n) is 7.00. The zero-order valence-electron chi connectivity index (χ0n) is 10.5. The summed E-state index contributed by atoms with van der Waals surface area (Å²) in [6.07, 6.45) is 7.29. The number of aromatic nitrogens is 1. The number of fused-ring (bicyclic) bond motifs is 3. The molecule has 0 bridgehead atoms. The molecule has 1 N–H and O–H groups in total. The Morgan fingerprint density at radius 1 is 1.11 bits per heavy atom. The van der Waals surface area contributed by atoms with E-state index in [-0.39, 0.29) is 5.43 Å². The molecule has 0 saturated heterocycles. The monoisotopic (exact) mass is 239 g/mol. The minimum atomic E-state index is 0.194. The molecule has 0 radical (unpaired) electrons. The van der Waals surface area contributed by atoms with Crippen LogP contribution in [0, 0.1) is 0 Å². The molecule has 0 atom stereocenters. The predicted molar refractivity (Wildman–Crippen MR) is 73.2 cm³/mol. The molecule has 1 saturated carbocycles. The molecule has 18 heavy (non-hydrogen) atoms. The molecular weight excluding hydrogens is 222 g/mol. The van der Waals surface area contributed by atoms with Gasteiger partial charge < -0.3 is 4.98 Å². The summed E-state index contributed by atoms with van der Waals surface area (Å²) in [7, 11) is 0. The normalized spacial score (nSPS) is 18.9. The highest BCUT2D eigenvalue weighted by molar-refractivity contribution is 5.83. The van der Waals surface area contributed by atoms with Gasteiger partial charge in [-0.15, -0.1) is 0 Å². The number of hydrogen-bond donors (Lipinski definition) is 1. The van der Waals surface area contributed by atoms with Crippen molar-refractivity contribution in [1.29, 1.82) is 0 Å². The highest BCUT2D eigenvalue weighted by atomic mass is 16.1. The van der Waals surface area contributed by atoms with Crippen molar-refractivity contribution in [3.05, 3.63) is 45.2 Å². The highest BCUT2D eigenvalue weighted by Gasteiger charge is 2.25. The van der Waals surface area contributed by atoms with E-state index in [4.69, 9.17) is 0 Å². The predicted octanol–water partition coefficient (Wildman–Crippen LogP) is 3.28. The van der Waals surface area contributed by atoms with Crippen LogP contribution >= 0.6 is 0 Å². The number of pyridine rings is 1. The molecule has 2 heteroatoms. The summed E-state index contributed by atoms with van der Waals surface area (Å²) in [5.41, 5.74) is 5.32. The fourth-order valence-electron chi connectivity index (χ4n) is 3.19. The van der Waals surface area contributed by atoms with Crippen molar-refractivity contribution < 1.29 is 0 Å². The van der Waals surface area contributed by atoms with Gasteiger partial charge in [-0.05, 0) is 61.6 Å². The Morgan fingerprint density at radius 2 is 1.94 bits per heavy atom. The molecule has 4 rings (SSSR count). The van der Waals surface area contributed by atoms with E-state index in [0.29, 0.717) is 5.92 Å². The van der Waals surface area contributed by atoms with Crippen LogP contribution in [-0.4, -0.2) is 4.98 Å². The number of nitrogens with one attached hydrogen (secondary N) is 1. The van der Waals surface area contributed by atoms with E-state index in [1.807, 2.05) is 12.1 Å². The van der Waals surface area contributed by atoms with Crippen LogP contribution in [0.5, 0.6) is 0 Å². The Kier molecular flexibility index (Phi) is 2.14. The molecular formula is C16H17NO. The number of benzene rings is 1. The summed E-state index contributed by atoms with van der Waals surface area (Å²) < 4.78 is 0. The van der Waals surface area contributed by atoms with Gasteiger partial charge in [0.1, 0.15) is 0 Å². The Labute approximate surface area is 106 Å². The van der Waals surface area contributed by atoms with Gasteiger partial charge in [0.15, 0.2) is 5.43 Å². The van der Waals surface area contributed by atoms with Gasteiger partial charge in [-0.3, -0.25) is 4.79 Å². The maximum Gasteiger partial charge on any atom is 0.189 e. The lowest BCUT2D eigenvalue weighted by molar-refractivity contribution is 0.688. The molecule has 2 nitrogen and oxygen atoms in total. The Morgan fingerprint density at radius 3 is 2.78 bits per heavy atom. The number of hydrogen-bond acceptors (Lipinski definition) is 1. The smallest absolute Gasteiger partial charge is 0.189 e. The summed E-state index contributed by atoms with van der Waals surface area (Å²) in [6, 6.07) is 5.98. The standard InChI is InChI=1S/C16H17NO/c18-15-9-14(11-5-6-11)17-16-12-4-2-1-3-10(12)7-8-13(15)16/h7-9,11H,1-6H2,(H,17,18). The van der Waals surface area contributed by atoms with Gasteiger partial charge in [0.05, 0.1) is 5.52 Å². The molecule has 0 aliphatic heterocycles. The highest BCUT2D eigenvalue weighted by Crippen LogP contribution is 2.39. The zero-order valence-corrected chi connectivity index (χ0v) is 10.5. The molecule has 2 aliphatic rings. The van der Waals surface area contributed by atoms with E-state index < -0.39 is 0 Å². The first-order chi connectivity index (χ1) is 8.83. The third kappa shape index (κ3) is 1.52. The lowest BCUT2D eigenvalue weighted by Gasteiger charge is -2.18. The third-order valence-corrected chi connectivity index (χ3v) is 4.37. The zero-order chi connectivity index (χ0) is 12.1. The van der Waals surface area contributed by atoms with E-state index in [1.54, 1.807) is 0 Å². The average Bonchev–Trinajstić information content (AvgIpc) is 3.22. The Bertz CT molecular complexity index is 679. The number of H-pyrrole nitrogens is 1. The maximum absolute atomic E-state index is 12.2. The average molecular weight is 239 g/mol. The summed E-state index contributed by atoms with van der Waals surface area (Å²) in [4.78, 5) is 15.8. The number of rotatable bonds is 1. The molecule has 0 amide bonds. The first-order valence-corrected chi connectivity index (χ1v) is 7.00. The van der Waals surface area contributed by atoms with Crippen LogP contribution in [0.25, 0.3) is 10.9 Å². The summed E-state index contributed by atoms with van der Waals surface area (Å²) in [6.45, 7) is 0. The van der Waals surface area contributed by atoms with Crippen LogP contribution in [0.4, 0.5) is 0 Å². The SMILES string of the molecule is O=c1cc(C2CC2)[nH]c2c3c(ccc12)CCCC3. The second-order valence-electron chi connectivity index (χ2n) is 5.70. The van der Waals surface area contributed by atoms with Crippen LogP contribution < -0.4 is 5.43 Å². The van der Waals surface area contributed by atoms with Crippen molar-refractivity contribution in [2.75, 3.05) is 0 Å². The first kappa shape index (κ1) is 10.4. The fourth-order valence-corrected chi connectivity index (χ4v) is 3.19. The van der Waals surface area contributed by atoms with Crippen molar-refractivity contribution in [2.45, 2.75) is 44.4 Å². The topological polar surface area (TPSA) is 32.9 Å². The largest absolute Gasteiger partial charge is 0.358 e. The van der Waals surface area contributed by atoms with E-state index >= 15 is 0 Å². The van der Waals surface area contributed by atoms with Crippen molar-refractivity contribution in [3.63, 3.8) is 0 Å². The van der Waals surface area contributed by atoms with Gasteiger partial charge in [0.2, 0.25) is 0 Å². The van der Waals surface area contributed by atoms with Crippen molar-refractivity contribution >= 4 is 10.9 Å². The number of aromatic amines is 1. The summed E-state index contributed by atoms with van der Waals surface area (Å²) in [5.74, 6) is 0.613. The molecule has 1 heterocycles. The Balaban J connectivity index is 2.04. The van der Waals surface area contributed by atoms with Gasteiger partial charge >= 0.3 is 0 Å². The fraction of sp³-hybridized carbons (Fsp3) is 0.438. The van der Waals surface area contributed by atoms with Crippen molar-refractivity contribution in [1.82, 2.24) is 4.98 Å². The van der Waals surface area contributed by atoms with Crippen LogP contribution in [0.3, 0.4) is 0 Å². The van der Waals surface area contributed by atoms with E-state index in [1.165, 1.54) is 43.2 Å². The molecule has 1 aromatic heterocycles. The molecule has 2 aliphatic carbocycles. The second-order valence-corrected chi connectivity index (χ2v) is 5.70. The van der Waals surface area contributed by atoms with Gasteiger partial charge in [0.25, 0.3) is 0 Å². The molecule has 0 spiro atoms. The van der Waals surface area contributed by atoms with Gasteiger partial charge in [-0.2, -0.15) is 0 Å². The molecule has 1 aromatic carbocycles. The van der Waals surface area contributed by atoms with Crippen molar-refractivity contribution in [3.8, 4) is 0 Å². The maximum atomic E-state index is 12.2. The minimum absolute atomic E-state index is 0.194. The summed E-state index contributed by atoms with van der Waals surface area (Å²) in [5, 5.41) is 0.875. The van der Waals surface area contributed by atoms with Gasteiger partial charge in [-0.1, -0.05) is 6.07 Å². The lowest BCUT2D eigenvalue weighted by Crippen LogP contribution is -2.10. The molecule has 92 valence electrons. The van der Waals surface area contributed by atoms with Gasteiger partial charge in [-0.25, -0.2) is 0 Å². The van der Waals surface area contributed by atoms with E-state index in [9.17, 15) is 4.79 Å². The minimum Gasteiger partial charge on any atom is -0.358 e. The van der Waals surface area contributed by atoms with Crippen LogP contribution in [0.2, 0.25) is 0 Å². The Hall–Kier alpha value is -1.57. The molecule has 1 fully saturated rings. The van der Waals surface area contributed by atoms with Crippen LogP contribution in [-0.2, 0) is 12.8 Å².